The molecule has 1 aliphatic rings. The Morgan fingerprint density at radius 2 is 1.86 bits per heavy atom. The number of primary amides is 1. The monoisotopic (exact) mass is 493 g/mol. The fourth-order valence-corrected chi connectivity index (χ4v) is 5.07. The molecular formula is C26H31N5O3S. The van der Waals surface area contributed by atoms with Gasteiger partial charge in [-0.3, -0.25) is 4.79 Å². The third-order valence-electron chi connectivity index (χ3n) is 5.73. The topological polar surface area (TPSA) is 124 Å². The number of anilines is 2. The van der Waals surface area contributed by atoms with Crippen LogP contribution in [0.4, 0.5) is 16.3 Å². The minimum Gasteiger partial charge on any atom is -0.444 e. The van der Waals surface area contributed by atoms with Crippen molar-refractivity contribution >= 4 is 57.2 Å². The van der Waals surface area contributed by atoms with Crippen molar-refractivity contribution < 1.29 is 14.3 Å². The van der Waals surface area contributed by atoms with Gasteiger partial charge in [0.1, 0.15) is 21.1 Å². The molecule has 3 aromatic rings. The van der Waals surface area contributed by atoms with Crippen LogP contribution in [0.15, 0.2) is 36.4 Å². The number of fused-ring (bicyclic) bond motifs is 1. The van der Waals surface area contributed by atoms with E-state index in [1.165, 1.54) is 11.3 Å². The number of ether oxygens (including phenoxy) is 1. The van der Waals surface area contributed by atoms with Crippen LogP contribution in [0.3, 0.4) is 0 Å². The lowest BCUT2D eigenvalue weighted by molar-refractivity contribution is 0.0497. The van der Waals surface area contributed by atoms with Gasteiger partial charge in [-0.05, 0) is 50.8 Å². The number of alkyl carbamates (subject to hydrolysis) is 1. The number of piperidine rings is 1. The molecule has 3 heterocycles. The summed E-state index contributed by atoms with van der Waals surface area (Å²) in [5.74, 6) is 0.247. The van der Waals surface area contributed by atoms with Gasteiger partial charge in [0, 0.05) is 24.5 Å². The summed E-state index contributed by atoms with van der Waals surface area (Å²) in [6, 6.07) is 12.0. The first-order valence-electron chi connectivity index (χ1n) is 11.6. The minimum atomic E-state index is -0.556. The van der Waals surface area contributed by atoms with E-state index in [0.29, 0.717) is 15.4 Å². The third kappa shape index (κ3) is 5.92. The van der Waals surface area contributed by atoms with E-state index in [1.807, 2.05) is 69.3 Å². The molecule has 0 unspecified atom stereocenters. The normalized spacial score (nSPS) is 15.0. The number of carbonyl (C=O) groups is 2. The van der Waals surface area contributed by atoms with Gasteiger partial charge in [0.05, 0.1) is 5.69 Å². The van der Waals surface area contributed by atoms with E-state index < -0.39 is 17.6 Å². The molecule has 5 N–H and O–H groups in total. The van der Waals surface area contributed by atoms with Gasteiger partial charge < -0.3 is 26.4 Å². The van der Waals surface area contributed by atoms with Gasteiger partial charge in [-0.1, -0.05) is 42.5 Å². The molecule has 0 saturated carbocycles. The number of carbonyl (C=O) groups excluding carboxylic acids is 2. The molecule has 1 aliphatic heterocycles. The molecule has 1 saturated heterocycles. The summed E-state index contributed by atoms with van der Waals surface area (Å²) in [4.78, 5) is 32.1. The number of nitrogens with one attached hydrogen (secondary N) is 1. The summed E-state index contributed by atoms with van der Waals surface area (Å²) in [5.41, 5.74) is 13.6. The van der Waals surface area contributed by atoms with Gasteiger partial charge >= 0.3 is 6.09 Å². The molecule has 0 radical (unpaired) electrons. The van der Waals surface area contributed by atoms with Crippen molar-refractivity contribution in [2.24, 2.45) is 5.73 Å². The van der Waals surface area contributed by atoms with Crippen molar-refractivity contribution in [1.82, 2.24) is 10.3 Å². The third-order valence-corrected chi connectivity index (χ3v) is 6.85. The highest BCUT2D eigenvalue weighted by molar-refractivity contribution is 7.21. The molecule has 35 heavy (non-hydrogen) atoms. The summed E-state index contributed by atoms with van der Waals surface area (Å²) in [7, 11) is 0. The standard InChI is InChI=1S/C26H31N5O3S/c1-26(2,3)34-25(33)29-18-11-13-31(14-12-18)19-15-17(10-9-16-7-5-4-6-8-16)20-21(27)22(23(28)32)35-24(20)30-19/h4-10,15,18H,11-14,27H2,1-3H3,(H2,28,32)(H,29,33). The van der Waals surface area contributed by atoms with Crippen molar-refractivity contribution in [2.45, 2.75) is 45.3 Å². The van der Waals surface area contributed by atoms with Crippen LogP contribution >= 0.6 is 11.3 Å². The number of nitrogen functional groups attached to an aromatic ring is 1. The van der Waals surface area contributed by atoms with Crippen molar-refractivity contribution in [3.8, 4) is 0 Å². The second-order valence-electron chi connectivity index (χ2n) is 9.61. The number of nitrogens with zero attached hydrogens (tertiary/aromatic N) is 2. The summed E-state index contributed by atoms with van der Waals surface area (Å²) < 4.78 is 5.38. The average molecular weight is 494 g/mol. The second kappa shape index (κ2) is 9.95. The quantitative estimate of drug-likeness (QED) is 0.476. The van der Waals surface area contributed by atoms with Crippen LogP contribution in [-0.4, -0.2) is 41.7 Å². The zero-order chi connectivity index (χ0) is 25.2. The maximum Gasteiger partial charge on any atom is 0.407 e. The number of rotatable bonds is 5. The predicted molar refractivity (Wildman–Crippen MR) is 143 cm³/mol. The Morgan fingerprint density at radius 3 is 2.49 bits per heavy atom. The maximum absolute atomic E-state index is 12.1. The van der Waals surface area contributed by atoms with Crippen LogP contribution in [0, 0.1) is 0 Å². The van der Waals surface area contributed by atoms with Gasteiger partial charge in [0.2, 0.25) is 0 Å². The highest BCUT2D eigenvalue weighted by Crippen LogP contribution is 2.37. The van der Waals surface area contributed by atoms with Crippen LogP contribution in [0.5, 0.6) is 0 Å². The second-order valence-corrected chi connectivity index (χ2v) is 10.6. The lowest BCUT2D eigenvalue weighted by Gasteiger charge is -2.33. The van der Waals surface area contributed by atoms with Gasteiger partial charge in [-0.15, -0.1) is 11.3 Å². The van der Waals surface area contributed by atoms with E-state index in [2.05, 4.69) is 10.2 Å². The molecule has 0 atom stereocenters. The number of thiophene rings is 1. The van der Waals surface area contributed by atoms with E-state index in [4.69, 9.17) is 21.2 Å². The first-order chi connectivity index (χ1) is 16.6. The van der Waals surface area contributed by atoms with Crippen molar-refractivity contribution in [3.63, 3.8) is 0 Å². The average Bonchev–Trinajstić information content (AvgIpc) is 3.14. The van der Waals surface area contributed by atoms with Gasteiger partial charge in [0.15, 0.2) is 0 Å². The highest BCUT2D eigenvalue weighted by Gasteiger charge is 2.25. The Kier molecular flexibility index (Phi) is 6.98. The van der Waals surface area contributed by atoms with Gasteiger partial charge in [0.25, 0.3) is 5.91 Å². The van der Waals surface area contributed by atoms with E-state index in [9.17, 15) is 9.59 Å². The molecular weight excluding hydrogens is 462 g/mol. The number of nitrogens with two attached hydrogens (primary N) is 2. The Morgan fingerprint density at radius 1 is 1.17 bits per heavy atom. The van der Waals surface area contributed by atoms with Crippen molar-refractivity contribution in [1.29, 1.82) is 0 Å². The Labute approximate surface area is 209 Å². The predicted octanol–water partition coefficient (Wildman–Crippen LogP) is 4.64. The molecule has 2 amide bonds. The minimum absolute atomic E-state index is 0.0427. The van der Waals surface area contributed by atoms with E-state index in [0.717, 1.165) is 48.3 Å². The van der Waals surface area contributed by atoms with Crippen LogP contribution in [0.1, 0.15) is 54.4 Å². The van der Waals surface area contributed by atoms with E-state index >= 15 is 0 Å². The molecule has 1 aromatic carbocycles. The van der Waals surface area contributed by atoms with E-state index in [-0.39, 0.29) is 6.04 Å². The largest absolute Gasteiger partial charge is 0.444 e. The lowest BCUT2D eigenvalue weighted by atomic mass is 10.0. The van der Waals surface area contributed by atoms with Crippen molar-refractivity contribution in [2.75, 3.05) is 23.7 Å². The SMILES string of the molecule is CC(C)(C)OC(=O)NC1CCN(c2cc(C=Cc3ccccc3)c3c(N)c(C(N)=O)sc3n2)CC1. The van der Waals surface area contributed by atoms with Crippen LogP contribution in [0.25, 0.3) is 22.4 Å². The molecule has 4 rings (SSSR count). The number of aromatic nitrogens is 1. The van der Waals surface area contributed by atoms with Crippen LogP contribution < -0.4 is 21.7 Å². The van der Waals surface area contributed by atoms with Crippen LogP contribution in [-0.2, 0) is 4.74 Å². The number of pyridine rings is 1. The molecule has 0 spiro atoms. The lowest BCUT2D eigenvalue weighted by Crippen LogP contribution is -2.46. The highest BCUT2D eigenvalue weighted by atomic mass is 32.1. The fraction of sp³-hybridized carbons (Fsp3) is 0.346. The number of benzene rings is 1. The molecule has 1 fully saturated rings. The van der Waals surface area contributed by atoms with Crippen LogP contribution in [0.2, 0.25) is 0 Å². The smallest absolute Gasteiger partial charge is 0.407 e. The molecule has 9 heteroatoms. The van der Waals surface area contributed by atoms with Crippen molar-refractivity contribution in [3.05, 3.63) is 52.4 Å². The van der Waals surface area contributed by atoms with Gasteiger partial charge in [-0.25, -0.2) is 9.78 Å². The number of hydrogen-bond acceptors (Lipinski definition) is 7. The maximum atomic E-state index is 12.1. The first kappa shape index (κ1) is 24.5. The summed E-state index contributed by atoms with van der Waals surface area (Å²) in [6.07, 6.45) is 5.15. The summed E-state index contributed by atoms with van der Waals surface area (Å²) in [5, 5.41) is 3.70. The number of hydrogen-bond donors (Lipinski definition) is 3. The molecule has 2 aromatic heterocycles. The zero-order valence-electron chi connectivity index (χ0n) is 20.2. The zero-order valence-corrected chi connectivity index (χ0v) is 21.0. The van der Waals surface area contributed by atoms with Gasteiger partial charge in [-0.2, -0.15) is 0 Å². The Balaban J connectivity index is 1.58. The first-order valence-corrected chi connectivity index (χ1v) is 12.4. The molecule has 8 nitrogen and oxygen atoms in total. The molecule has 0 bridgehead atoms. The summed E-state index contributed by atoms with van der Waals surface area (Å²) >= 11 is 1.22. The summed E-state index contributed by atoms with van der Waals surface area (Å²) in [6.45, 7) is 7.00. The molecule has 184 valence electrons. The fourth-order valence-electron chi connectivity index (χ4n) is 4.09. The number of amides is 2. The Bertz CT molecular complexity index is 1260. The Hall–Kier alpha value is -3.59. The molecule has 0 aliphatic carbocycles. The van der Waals surface area contributed by atoms with E-state index in [1.54, 1.807) is 0 Å².